The fourth-order valence-corrected chi connectivity index (χ4v) is 1.94. The van der Waals surface area contributed by atoms with Crippen LogP contribution in [-0.4, -0.2) is 0 Å². The molecule has 16 heavy (non-hydrogen) atoms. The normalized spacial score (nSPS) is 11.1. The van der Waals surface area contributed by atoms with Gasteiger partial charge in [-0.1, -0.05) is 12.1 Å². The first kappa shape index (κ1) is 9.28. The van der Waals surface area contributed by atoms with Crippen LogP contribution in [0.25, 0.3) is 21.5 Å². The van der Waals surface area contributed by atoms with Gasteiger partial charge in [0.25, 0.3) is 0 Å². The van der Waals surface area contributed by atoms with E-state index in [9.17, 15) is 8.78 Å². The molecule has 0 nitrogen and oxygen atoms in total. The molecule has 0 spiro atoms. The van der Waals surface area contributed by atoms with Crippen LogP contribution >= 0.6 is 0 Å². The van der Waals surface area contributed by atoms with Crippen molar-refractivity contribution in [1.82, 2.24) is 0 Å². The van der Waals surface area contributed by atoms with E-state index in [-0.39, 0.29) is 11.6 Å². The highest BCUT2D eigenvalue weighted by atomic mass is 19.1. The van der Waals surface area contributed by atoms with Crippen LogP contribution in [0.1, 0.15) is 0 Å². The number of fused-ring (bicyclic) bond motifs is 2. The molecule has 0 radical (unpaired) electrons. The molecular weight excluding hydrogens is 206 g/mol. The molecule has 0 aliphatic carbocycles. The Kier molecular flexibility index (Phi) is 1.90. The monoisotopic (exact) mass is 214 g/mol. The number of rotatable bonds is 0. The van der Waals surface area contributed by atoms with Crippen molar-refractivity contribution in [2.24, 2.45) is 0 Å². The summed E-state index contributed by atoms with van der Waals surface area (Å²) in [6.45, 7) is 0. The molecule has 0 aromatic heterocycles. The maximum Gasteiger partial charge on any atom is 0.123 e. The van der Waals surface area contributed by atoms with E-state index in [0.717, 1.165) is 21.5 Å². The smallest absolute Gasteiger partial charge is 0.123 e. The topological polar surface area (TPSA) is 0 Å². The predicted molar refractivity (Wildman–Crippen MR) is 61.4 cm³/mol. The molecule has 0 atom stereocenters. The quantitative estimate of drug-likeness (QED) is 0.490. The highest BCUT2D eigenvalue weighted by molar-refractivity contribution is 5.98. The maximum absolute atomic E-state index is 13.0. The molecule has 0 saturated carbocycles. The average molecular weight is 214 g/mol. The third-order valence-electron chi connectivity index (χ3n) is 2.72. The SMILES string of the molecule is Fc1ccc2cc3ccc(F)cc3cc2c1. The Morgan fingerprint density at radius 3 is 1.44 bits per heavy atom. The molecule has 0 saturated heterocycles. The van der Waals surface area contributed by atoms with Gasteiger partial charge in [0, 0.05) is 0 Å². The van der Waals surface area contributed by atoms with Crippen molar-refractivity contribution in [1.29, 1.82) is 0 Å². The Morgan fingerprint density at radius 1 is 0.500 bits per heavy atom. The van der Waals surface area contributed by atoms with Crippen molar-refractivity contribution < 1.29 is 8.78 Å². The van der Waals surface area contributed by atoms with E-state index < -0.39 is 0 Å². The third kappa shape index (κ3) is 1.43. The molecule has 0 unspecified atom stereocenters. The average Bonchev–Trinajstić information content (AvgIpc) is 2.26. The van der Waals surface area contributed by atoms with E-state index in [0.29, 0.717) is 0 Å². The summed E-state index contributed by atoms with van der Waals surface area (Å²) in [4.78, 5) is 0. The van der Waals surface area contributed by atoms with Crippen molar-refractivity contribution in [2.45, 2.75) is 0 Å². The number of hydrogen-bond donors (Lipinski definition) is 0. The van der Waals surface area contributed by atoms with Gasteiger partial charge >= 0.3 is 0 Å². The van der Waals surface area contributed by atoms with Gasteiger partial charge in [-0.15, -0.1) is 0 Å². The van der Waals surface area contributed by atoms with Gasteiger partial charge in [-0.05, 0) is 57.9 Å². The minimum Gasteiger partial charge on any atom is -0.207 e. The van der Waals surface area contributed by atoms with Crippen molar-refractivity contribution in [3.63, 3.8) is 0 Å². The highest BCUT2D eigenvalue weighted by Crippen LogP contribution is 2.24. The zero-order valence-corrected chi connectivity index (χ0v) is 8.37. The summed E-state index contributed by atoms with van der Waals surface area (Å²) in [6.07, 6.45) is 0. The maximum atomic E-state index is 13.0. The third-order valence-corrected chi connectivity index (χ3v) is 2.72. The second-order valence-corrected chi connectivity index (χ2v) is 3.84. The molecular formula is C14H8F2. The lowest BCUT2D eigenvalue weighted by atomic mass is 10.0. The van der Waals surface area contributed by atoms with Gasteiger partial charge in [-0.2, -0.15) is 0 Å². The van der Waals surface area contributed by atoms with Gasteiger partial charge in [0.2, 0.25) is 0 Å². The van der Waals surface area contributed by atoms with Crippen LogP contribution in [0.4, 0.5) is 8.78 Å². The second kappa shape index (κ2) is 3.27. The first-order chi connectivity index (χ1) is 7.72. The van der Waals surface area contributed by atoms with E-state index in [1.165, 1.54) is 24.3 Å². The zero-order valence-electron chi connectivity index (χ0n) is 8.37. The van der Waals surface area contributed by atoms with Crippen LogP contribution in [0.15, 0.2) is 48.5 Å². The lowest BCUT2D eigenvalue weighted by Crippen LogP contribution is -1.80. The lowest BCUT2D eigenvalue weighted by Gasteiger charge is -2.02. The number of halogens is 2. The van der Waals surface area contributed by atoms with E-state index in [4.69, 9.17) is 0 Å². The van der Waals surface area contributed by atoms with Gasteiger partial charge < -0.3 is 0 Å². The van der Waals surface area contributed by atoms with Gasteiger partial charge in [-0.25, -0.2) is 8.78 Å². The van der Waals surface area contributed by atoms with Crippen LogP contribution in [0, 0.1) is 11.6 Å². The Morgan fingerprint density at radius 2 is 0.938 bits per heavy atom. The summed E-state index contributed by atoms with van der Waals surface area (Å²) in [6, 6.07) is 13.0. The Balaban J connectivity index is 2.44. The number of hydrogen-bond acceptors (Lipinski definition) is 0. The van der Waals surface area contributed by atoms with Crippen LogP contribution in [0.3, 0.4) is 0 Å². The fourth-order valence-electron chi connectivity index (χ4n) is 1.94. The Hall–Kier alpha value is -1.96. The predicted octanol–water partition coefficient (Wildman–Crippen LogP) is 4.27. The summed E-state index contributed by atoms with van der Waals surface area (Å²) < 4.78 is 26.1. The zero-order chi connectivity index (χ0) is 11.1. The molecule has 0 N–H and O–H groups in total. The first-order valence-corrected chi connectivity index (χ1v) is 5.01. The molecule has 0 bridgehead atoms. The summed E-state index contributed by atoms with van der Waals surface area (Å²) in [7, 11) is 0. The summed E-state index contributed by atoms with van der Waals surface area (Å²) in [5.74, 6) is -0.550. The van der Waals surface area contributed by atoms with Crippen molar-refractivity contribution in [2.75, 3.05) is 0 Å². The summed E-state index contributed by atoms with van der Waals surface area (Å²) in [5, 5.41) is 3.50. The minimum atomic E-state index is -0.275. The van der Waals surface area contributed by atoms with Crippen molar-refractivity contribution in [3.8, 4) is 0 Å². The molecule has 0 amide bonds. The summed E-state index contributed by atoms with van der Waals surface area (Å²) in [5.41, 5.74) is 0. The molecule has 0 aliphatic rings. The fraction of sp³-hybridized carbons (Fsp3) is 0. The first-order valence-electron chi connectivity index (χ1n) is 5.01. The molecule has 3 aromatic rings. The standard InChI is InChI=1S/C14H8F2/c15-13-3-1-9-5-10-2-4-14(16)8-12(10)6-11(9)7-13/h1-8H. The van der Waals surface area contributed by atoms with Gasteiger partial charge in [0.1, 0.15) is 11.6 Å². The number of benzene rings is 3. The molecule has 0 fully saturated rings. The van der Waals surface area contributed by atoms with E-state index >= 15 is 0 Å². The Bertz CT molecular complexity index is 630. The Labute approximate surface area is 91.1 Å². The molecule has 78 valence electrons. The van der Waals surface area contributed by atoms with Gasteiger partial charge in [-0.3, -0.25) is 0 Å². The minimum absolute atomic E-state index is 0.275. The van der Waals surface area contributed by atoms with Crippen LogP contribution in [-0.2, 0) is 0 Å². The lowest BCUT2D eigenvalue weighted by molar-refractivity contribution is 0.630. The molecule has 3 rings (SSSR count). The molecule has 3 aromatic carbocycles. The highest BCUT2D eigenvalue weighted by Gasteiger charge is 2.00. The molecule has 2 heteroatoms. The second-order valence-electron chi connectivity index (χ2n) is 3.84. The van der Waals surface area contributed by atoms with Gasteiger partial charge in [0.15, 0.2) is 0 Å². The molecule has 0 aliphatic heterocycles. The van der Waals surface area contributed by atoms with Crippen molar-refractivity contribution >= 4 is 21.5 Å². The van der Waals surface area contributed by atoms with E-state index in [1.807, 2.05) is 6.07 Å². The van der Waals surface area contributed by atoms with Crippen LogP contribution < -0.4 is 0 Å². The van der Waals surface area contributed by atoms with Crippen LogP contribution in [0.5, 0.6) is 0 Å². The molecule has 0 heterocycles. The summed E-state index contributed by atoms with van der Waals surface area (Å²) >= 11 is 0. The largest absolute Gasteiger partial charge is 0.207 e. The van der Waals surface area contributed by atoms with Crippen LogP contribution in [0.2, 0.25) is 0 Å². The van der Waals surface area contributed by atoms with E-state index in [1.54, 1.807) is 18.2 Å². The van der Waals surface area contributed by atoms with E-state index in [2.05, 4.69) is 0 Å². The van der Waals surface area contributed by atoms with Gasteiger partial charge in [0.05, 0.1) is 0 Å². The van der Waals surface area contributed by atoms with Crippen molar-refractivity contribution in [3.05, 3.63) is 60.2 Å².